The van der Waals surface area contributed by atoms with Crippen molar-refractivity contribution in [2.45, 2.75) is 38.9 Å². The van der Waals surface area contributed by atoms with Gasteiger partial charge in [0.05, 0.1) is 7.11 Å². The predicted molar refractivity (Wildman–Crippen MR) is 131 cm³/mol. The number of halogens is 1. The molecular weight excluding hydrogens is 475 g/mol. The molecular formula is C23H33IN4O. The molecule has 0 bridgehead atoms. The third kappa shape index (κ3) is 7.85. The zero-order valence-corrected chi connectivity index (χ0v) is 19.8. The number of methoxy groups -OCH3 is 1. The van der Waals surface area contributed by atoms with Gasteiger partial charge in [0, 0.05) is 26.7 Å². The van der Waals surface area contributed by atoms with Crippen molar-refractivity contribution >= 4 is 29.9 Å². The van der Waals surface area contributed by atoms with E-state index in [1.54, 1.807) is 14.2 Å². The molecule has 0 atom stereocenters. The van der Waals surface area contributed by atoms with Crippen LogP contribution >= 0.6 is 24.0 Å². The highest BCUT2D eigenvalue weighted by atomic mass is 127. The Morgan fingerprint density at radius 3 is 1.90 bits per heavy atom. The minimum atomic E-state index is 0. The molecule has 1 fully saturated rings. The van der Waals surface area contributed by atoms with Crippen molar-refractivity contribution < 1.29 is 4.74 Å². The van der Waals surface area contributed by atoms with E-state index in [0.29, 0.717) is 0 Å². The van der Waals surface area contributed by atoms with Crippen molar-refractivity contribution in [3.8, 4) is 5.75 Å². The molecule has 0 radical (unpaired) electrons. The molecule has 1 heterocycles. The predicted octanol–water partition coefficient (Wildman–Crippen LogP) is 4.16. The van der Waals surface area contributed by atoms with Gasteiger partial charge in [-0.05, 0) is 54.8 Å². The monoisotopic (exact) mass is 508 g/mol. The quantitative estimate of drug-likeness (QED) is 0.335. The minimum Gasteiger partial charge on any atom is -0.497 e. The van der Waals surface area contributed by atoms with Crippen LogP contribution in [0, 0.1) is 0 Å². The van der Waals surface area contributed by atoms with Crippen molar-refractivity contribution in [2.75, 3.05) is 27.2 Å². The van der Waals surface area contributed by atoms with Crippen LogP contribution in [-0.2, 0) is 19.6 Å². The van der Waals surface area contributed by atoms with Gasteiger partial charge in [-0.25, -0.2) is 0 Å². The van der Waals surface area contributed by atoms with Gasteiger partial charge in [0.2, 0.25) is 0 Å². The molecule has 5 nitrogen and oxygen atoms in total. The van der Waals surface area contributed by atoms with Crippen LogP contribution in [-0.4, -0.2) is 38.1 Å². The smallest absolute Gasteiger partial charge is 0.191 e. The molecule has 6 heteroatoms. The van der Waals surface area contributed by atoms with Crippen LogP contribution in [0.25, 0.3) is 0 Å². The molecule has 158 valence electrons. The average Bonchev–Trinajstić information content (AvgIpc) is 2.76. The molecule has 29 heavy (non-hydrogen) atoms. The second-order valence-electron chi connectivity index (χ2n) is 7.28. The van der Waals surface area contributed by atoms with Crippen LogP contribution in [0.2, 0.25) is 0 Å². The Hall–Kier alpha value is -1.80. The van der Waals surface area contributed by atoms with Gasteiger partial charge in [0.1, 0.15) is 5.75 Å². The Labute approximate surface area is 192 Å². The van der Waals surface area contributed by atoms with Crippen LogP contribution in [0.3, 0.4) is 0 Å². The minimum absolute atomic E-state index is 0. The van der Waals surface area contributed by atoms with Crippen molar-refractivity contribution in [1.29, 1.82) is 0 Å². The fraction of sp³-hybridized carbons (Fsp3) is 0.435. The zero-order valence-electron chi connectivity index (χ0n) is 17.5. The normalized spacial score (nSPS) is 14.8. The van der Waals surface area contributed by atoms with E-state index in [1.807, 2.05) is 12.1 Å². The number of rotatable bonds is 7. The molecule has 2 aromatic rings. The maximum absolute atomic E-state index is 5.20. The zero-order chi connectivity index (χ0) is 19.6. The third-order valence-corrected chi connectivity index (χ3v) is 5.18. The van der Waals surface area contributed by atoms with Gasteiger partial charge in [-0.15, -0.1) is 24.0 Å². The van der Waals surface area contributed by atoms with Crippen molar-refractivity contribution in [3.05, 3.63) is 65.2 Å². The molecule has 0 unspecified atom stereocenters. The third-order valence-electron chi connectivity index (χ3n) is 5.18. The lowest BCUT2D eigenvalue weighted by Gasteiger charge is -2.26. The van der Waals surface area contributed by atoms with Crippen LogP contribution in [0.15, 0.2) is 53.5 Å². The van der Waals surface area contributed by atoms with E-state index in [9.17, 15) is 0 Å². The van der Waals surface area contributed by atoms with E-state index in [4.69, 9.17) is 4.74 Å². The van der Waals surface area contributed by atoms with Crippen molar-refractivity contribution in [3.63, 3.8) is 0 Å². The first kappa shape index (κ1) is 23.5. The van der Waals surface area contributed by atoms with Gasteiger partial charge in [-0.1, -0.05) is 42.8 Å². The first-order valence-corrected chi connectivity index (χ1v) is 10.1. The van der Waals surface area contributed by atoms with Gasteiger partial charge >= 0.3 is 0 Å². The molecule has 0 aromatic heterocycles. The molecule has 3 rings (SSSR count). The molecule has 1 saturated heterocycles. The highest BCUT2D eigenvalue weighted by Crippen LogP contribution is 2.14. The van der Waals surface area contributed by atoms with E-state index in [2.05, 4.69) is 56.9 Å². The summed E-state index contributed by atoms with van der Waals surface area (Å²) < 4.78 is 5.20. The standard InChI is InChI=1S/C23H32N4O.HI/c1-24-23(26-17-20-10-12-22(28-2)13-11-20)25-16-19-6-8-21(9-7-19)18-27-14-4-3-5-15-27;/h6-13H,3-5,14-18H2,1-2H3,(H2,24,25,26);1H. The second-order valence-corrected chi connectivity index (χ2v) is 7.28. The van der Waals surface area contributed by atoms with Gasteiger partial charge in [0.25, 0.3) is 0 Å². The number of nitrogens with one attached hydrogen (secondary N) is 2. The molecule has 2 N–H and O–H groups in total. The summed E-state index contributed by atoms with van der Waals surface area (Å²) in [6, 6.07) is 17.0. The number of guanidine groups is 1. The summed E-state index contributed by atoms with van der Waals surface area (Å²) in [5.41, 5.74) is 3.84. The van der Waals surface area contributed by atoms with Gasteiger partial charge in [0.15, 0.2) is 5.96 Å². The molecule has 0 amide bonds. The van der Waals surface area contributed by atoms with Gasteiger partial charge in [-0.3, -0.25) is 9.89 Å². The lowest BCUT2D eigenvalue weighted by Crippen LogP contribution is -2.36. The first-order chi connectivity index (χ1) is 13.8. The Bertz CT molecular complexity index is 740. The van der Waals surface area contributed by atoms with Crippen molar-refractivity contribution in [1.82, 2.24) is 15.5 Å². The van der Waals surface area contributed by atoms with E-state index in [-0.39, 0.29) is 24.0 Å². The lowest BCUT2D eigenvalue weighted by molar-refractivity contribution is 0.221. The van der Waals surface area contributed by atoms with Crippen LogP contribution in [0.4, 0.5) is 0 Å². The first-order valence-electron chi connectivity index (χ1n) is 10.1. The van der Waals surface area contributed by atoms with E-state index in [1.165, 1.54) is 49.0 Å². The number of benzene rings is 2. The number of piperidine rings is 1. The molecule has 1 aliphatic rings. The van der Waals surface area contributed by atoms with Gasteiger partial charge in [-0.2, -0.15) is 0 Å². The SMILES string of the molecule is CN=C(NCc1ccc(CN2CCCCC2)cc1)NCc1ccc(OC)cc1.I. The summed E-state index contributed by atoms with van der Waals surface area (Å²) in [5, 5.41) is 6.73. The number of ether oxygens (including phenoxy) is 1. The molecule has 0 saturated carbocycles. The Balaban J connectivity index is 0.00000300. The Kier molecular flexibility index (Phi) is 10.3. The number of nitrogens with zero attached hydrogens (tertiary/aromatic N) is 2. The Morgan fingerprint density at radius 2 is 1.38 bits per heavy atom. The van der Waals surface area contributed by atoms with E-state index in [0.717, 1.165) is 31.3 Å². The number of likely N-dealkylation sites (tertiary alicyclic amines) is 1. The number of aliphatic imine (C=N–C) groups is 1. The van der Waals surface area contributed by atoms with Gasteiger partial charge < -0.3 is 15.4 Å². The fourth-order valence-corrected chi connectivity index (χ4v) is 3.47. The Morgan fingerprint density at radius 1 is 0.862 bits per heavy atom. The highest BCUT2D eigenvalue weighted by Gasteiger charge is 2.10. The van der Waals surface area contributed by atoms with E-state index >= 15 is 0 Å². The highest BCUT2D eigenvalue weighted by molar-refractivity contribution is 14.0. The summed E-state index contributed by atoms with van der Waals surface area (Å²) in [7, 11) is 3.48. The second kappa shape index (κ2) is 12.7. The number of hydrogen-bond acceptors (Lipinski definition) is 3. The largest absolute Gasteiger partial charge is 0.497 e. The van der Waals surface area contributed by atoms with Crippen LogP contribution in [0.5, 0.6) is 5.75 Å². The summed E-state index contributed by atoms with van der Waals surface area (Å²) in [6.07, 6.45) is 4.06. The maximum Gasteiger partial charge on any atom is 0.191 e. The summed E-state index contributed by atoms with van der Waals surface area (Å²) in [5.74, 6) is 1.67. The summed E-state index contributed by atoms with van der Waals surface area (Å²) >= 11 is 0. The molecule has 0 spiro atoms. The fourth-order valence-electron chi connectivity index (χ4n) is 3.47. The number of hydrogen-bond donors (Lipinski definition) is 2. The summed E-state index contributed by atoms with van der Waals surface area (Å²) in [6.45, 7) is 5.02. The maximum atomic E-state index is 5.20. The summed E-state index contributed by atoms with van der Waals surface area (Å²) in [4.78, 5) is 6.87. The average molecular weight is 508 g/mol. The van der Waals surface area contributed by atoms with Crippen molar-refractivity contribution in [2.24, 2.45) is 4.99 Å². The lowest BCUT2D eigenvalue weighted by atomic mass is 10.1. The van der Waals surface area contributed by atoms with E-state index < -0.39 is 0 Å². The topological polar surface area (TPSA) is 48.9 Å². The molecule has 2 aromatic carbocycles. The van der Waals surface area contributed by atoms with Crippen LogP contribution in [0.1, 0.15) is 36.0 Å². The molecule has 1 aliphatic heterocycles. The van der Waals surface area contributed by atoms with Crippen LogP contribution < -0.4 is 15.4 Å². The molecule has 0 aliphatic carbocycles.